The second kappa shape index (κ2) is 11.8. The molecule has 36 heavy (non-hydrogen) atoms. The molecule has 2 N–H and O–H groups in total. The van der Waals surface area contributed by atoms with E-state index in [1.807, 2.05) is 0 Å². The molecule has 192 valence electrons. The van der Waals surface area contributed by atoms with E-state index in [9.17, 15) is 14.4 Å². The van der Waals surface area contributed by atoms with Gasteiger partial charge in [0, 0.05) is 37.9 Å². The van der Waals surface area contributed by atoms with Crippen LogP contribution in [0.25, 0.3) is 0 Å². The molecule has 0 bridgehead atoms. The lowest BCUT2D eigenvalue weighted by Gasteiger charge is -2.36. The minimum atomic E-state index is -0.756. The average Bonchev–Trinajstić information content (AvgIpc) is 3.39. The lowest BCUT2D eigenvalue weighted by molar-refractivity contribution is -0.124. The summed E-state index contributed by atoms with van der Waals surface area (Å²) in [4.78, 5) is 40.9. The van der Waals surface area contributed by atoms with Crippen molar-refractivity contribution in [2.24, 2.45) is 5.92 Å². The van der Waals surface area contributed by atoms with E-state index in [0.717, 1.165) is 0 Å². The van der Waals surface area contributed by atoms with Crippen molar-refractivity contribution in [3.05, 3.63) is 53.6 Å². The highest BCUT2D eigenvalue weighted by atomic mass is 16.7. The number of nitrogens with one attached hydrogen (secondary N) is 2. The molecular weight excluding hydrogens is 466 g/mol. The number of likely N-dealkylation sites (tertiary alicyclic amines) is 1. The van der Waals surface area contributed by atoms with Gasteiger partial charge in [-0.3, -0.25) is 14.4 Å². The van der Waals surface area contributed by atoms with Crippen LogP contribution in [0.5, 0.6) is 17.2 Å². The second-order valence-electron chi connectivity index (χ2n) is 8.66. The van der Waals surface area contributed by atoms with Gasteiger partial charge >= 0.3 is 0 Å². The standard InChI is InChI=1S/C26H31N3O7/c1-33-13-10-27-25(31)23(28-24(30)18-6-7-21-22(15-18)36-16-35-21)17-8-11-29(12-9-17)26(32)19-4-3-5-20(14-19)34-2/h3-7,14-15,17,23H,8-13,16H2,1-2H3,(H,27,31)(H,28,30). The van der Waals surface area contributed by atoms with Crippen LogP contribution < -0.4 is 24.8 Å². The molecule has 1 saturated heterocycles. The number of ether oxygens (including phenoxy) is 4. The van der Waals surface area contributed by atoms with Gasteiger partial charge in [-0.25, -0.2) is 0 Å². The molecule has 10 nitrogen and oxygen atoms in total. The summed E-state index contributed by atoms with van der Waals surface area (Å²) in [5.41, 5.74) is 0.928. The van der Waals surface area contributed by atoms with Crippen molar-refractivity contribution in [2.75, 3.05) is 47.3 Å². The summed E-state index contributed by atoms with van der Waals surface area (Å²) in [5.74, 6) is 0.808. The topological polar surface area (TPSA) is 115 Å². The van der Waals surface area contributed by atoms with Gasteiger partial charge in [0.25, 0.3) is 11.8 Å². The third-order valence-corrected chi connectivity index (χ3v) is 6.42. The minimum absolute atomic E-state index is 0.0853. The first kappa shape index (κ1) is 25.3. The minimum Gasteiger partial charge on any atom is -0.497 e. The van der Waals surface area contributed by atoms with Crippen LogP contribution in [-0.4, -0.2) is 75.9 Å². The highest BCUT2D eigenvalue weighted by Crippen LogP contribution is 2.32. The van der Waals surface area contributed by atoms with E-state index in [1.165, 1.54) is 0 Å². The predicted octanol–water partition coefficient (Wildman–Crippen LogP) is 1.84. The highest BCUT2D eigenvalue weighted by Gasteiger charge is 2.34. The molecule has 2 aromatic carbocycles. The molecule has 2 aliphatic heterocycles. The molecule has 1 unspecified atom stereocenters. The molecular formula is C26H31N3O7. The van der Waals surface area contributed by atoms with E-state index in [-0.39, 0.29) is 30.4 Å². The third kappa shape index (κ3) is 5.88. The van der Waals surface area contributed by atoms with Crippen molar-refractivity contribution in [1.82, 2.24) is 15.5 Å². The number of benzene rings is 2. The molecule has 0 radical (unpaired) electrons. The van der Waals surface area contributed by atoms with Gasteiger partial charge < -0.3 is 34.5 Å². The maximum atomic E-state index is 13.1. The second-order valence-corrected chi connectivity index (χ2v) is 8.66. The van der Waals surface area contributed by atoms with Crippen molar-refractivity contribution in [3.8, 4) is 17.2 Å². The fourth-order valence-electron chi connectivity index (χ4n) is 4.42. The van der Waals surface area contributed by atoms with Crippen LogP contribution in [0, 0.1) is 5.92 Å². The molecule has 3 amide bonds. The number of amides is 3. The number of nitrogens with zero attached hydrogens (tertiary/aromatic N) is 1. The first-order chi connectivity index (χ1) is 17.5. The number of carbonyl (C=O) groups excluding carboxylic acids is 3. The fraction of sp³-hybridized carbons (Fsp3) is 0.423. The number of hydrogen-bond donors (Lipinski definition) is 2. The van der Waals surface area contributed by atoms with Gasteiger partial charge in [-0.15, -0.1) is 0 Å². The molecule has 0 aliphatic carbocycles. The lowest BCUT2D eigenvalue weighted by atomic mass is 9.88. The molecule has 2 aromatic rings. The van der Waals surface area contributed by atoms with Gasteiger partial charge in [0.2, 0.25) is 12.7 Å². The number of methoxy groups -OCH3 is 2. The third-order valence-electron chi connectivity index (χ3n) is 6.42. The normalized spacial score (nSPS) is 15.8. The van der Waals surface area contributed by atoms with E-state index in [2.05, 4.69) is 10.6 Å². The Labute approximate surface area is 209 Å². The summed E-state index contributed by atoms with van der Waals surface area (Å²) < 4.78 is 20.9. The molecule has 4 rings (SSSR count). The molecule has 2 heterocycles. The summed E-state index contributed by atoms with van der Waals surface area (Å²) >= 11 is 0. The average molecular weight is 498 g/mol. The van der Waals surface area contributed by atoms with Crippen LogP contribution in [0.1, 0.15) is 33.6 Å². The molecule has 1 atom stereocenters. The molecule has 0 aromatic heterocycles. The van der Waals surface area contributed by atoms with Crippen LogP contribution in [0.4, 0.5) is 0 Å². The van der Waals surface area contributed by atoms with Gasteiger partial charge in [0.1, 0.15) is 11.8 Å². The largest absolute Gasteiger partial charge is 0.497 e. The Kier molecular flexibility index (Phi) is 8.27. The maximum absolute atomic E-state index is 13.1. The van der Waals surface area contributed by atoms with Gasteiger partial charge in [0.15, 0.2) is 11.5 Å². The Morgan fingerprint density at radius 1 is 1.03 bits per heavy atom. The Morgan fingerprint density at radius 2 is 1.81 bits per heavy atom. The Hall–Kier alpha value is -3.79. The van der Waals surface area contributed by atoms with E-state index in [0.29, 0.717) is 67.5 Å². The molecule has 10 heteroatoms. The number of hydrogen-bond acceptors (Lipinski definition) is 7. The van der Waals surface area contributed by atoms with Crippen LogP contribution >= 0.6 is 0 Å². The van der Waals surface area contributed by atoms with Gasteiger partial charge in [0.05, 0.1) is 13.7 Å². The van der Waals surface area contributed by atoms with E-state index in [1.54, 1.807) is 61.6 Å². The highest BCUT2D eigenvalue weighted by molar-refractivity contribution is 5.98. The zero-order valence-electron chi connectivity index (χ0n) is 20.5. The SMILES string of the molecule is COCCNC(=O)C(NC(=O)c1ccc2c(c1)OCO2)C1CCN(C(=O)c2cccc(OC)c2)CC1. The first-order valence-corrected chi connectivity index (χ1v) is 11.9. The van der Waals surface area contributed by atoms with Crippen LogP contribution in [0.3, 0.4) is 0 Å². The summed E-state index contributed by atoms with van der Waals surface area (Å²) in [6, 6.07) is 11.2. The monoisotopic (exact) mass is 497 g/mol. The Bertz CT molecular complexity index is 1100. The van der Waals surface area contributed by atoms with E-state index < -0.39 is 6.04 Å². The van der Waals surface area contributed by atoms with Crippen molar-refractivity contribution < 1.29 is 33.3 Å². The summed E-state index contributed by atoms with van der Waals surface area (Å²) in [5, 5.41) is 5.74. The predicted molar refractivity (Wildman–Crippen MR) is 130 cm³/mol. The van der Waals surface area contributed by atoms with Gasteiger partial charge in [-0.2, -0.15) is 0 Å². The quantitative estimate of drug-likeness (QED) is 0.508. The number of rotatable bonds is 9. The first-order valence-electron chi connectivity index (χ1n) is 11.9. The summed E-state index contributed by atoms with van der Waals surface area (Å²) in [6.07, 6.45) is 1.14. The van der Waals surface area contributed by atoms with Crippen LogP contribution in [0.15, 0.2) is 42.5 Å². The van der Waals surface area contributed by atoms with Gasteiger partial charge in [-0.1, -0.05) is 6.07 Å². The summed E-state index contributed by atoms with van der Waals surface area (Å²) in [6.45, 7) is 1.75. The smallest absolute Gasteiger partial charge is 0.253 e. The zero-order chi connectivity index (χ0) is 25.5. The fourth-order valence-corrected chi connectivity index (χ4v) is 4.42. The van der Waals surface area contributed by atoms with Crippen molar-refractivity contribution in [3.63, 3.8) is 0 Å². The lowest BCUT2D eigenvalue weighted by Crippen LogP contribution is -2.54. The number of piperidine rings is 1. The Balaban J connectivity index is 1.43. The zero-order valence-corrected chi connectivity index (χ0v) is 20.5. The maximum Gasteiger partial charge on any atom is 0.253 e. The summed E-state index contributed by atoms with van der Waals surface area (Å²) in [7, 11) is 3.12. The Morgan fingerprint density at radius 3 is 2.56 bits per heavy atom. The van der Waals surface area contributed by atoms with Crippen molar-refractivity contribution in [2.45, 2.75) is 18.9 Å². The number of fused-ring (bicyclic) bond motifs is 1. The van der Waals surface area contributed by atoms with E-state index in [4.69, 9.17) is 18.9 Å². The van der Waals surface area contributed by atoms with Gasteiger partial charge in [-0.05, 0) is 55.2 Å². The van der Waals surface area contributed by atoms with Crippen molar-refractivity contribution in [1.29, 1.82) is 0 Å². The van der Waals surface area contributed by atoms with Crippen LogP contribution in [0.2, 0.25) is 0 Å². The van der Waals surface area contributed by atoms with E-state index >= 15 is 0 Å². The van der Waals surface area contributed by atoms with Crippen molar-refractivity contribution >= 4 is 17.7 Å². The molecule has 1 fully saturated rings. The van der Waals surface area contributed by atoms with Crippen LogP contribution in [-0.2, 0) is 9.53 Å². The molecule has 0 spiro atoms. The molecule has 2 aliphatic rings. The number of carbonyl (C=O) groups is 3. The molecule has 0 saturated carbocycles.